The summed E-state index contributed by atoms with van der Waals surface area (Å²) in [7, 11) is 3.41. The van der Waals surface area contributed by atoms with Crippen LogP contribution in [0.25, 0.3) is 24.0 Å². The molecule has 1 aliphatic carbocycles. The molecule has 0 aliphatic heterocycles. The zero-order valence-corrected chi connectivity index (χ0v) is 20.2. The summed E-state index contributed by atoms with van der Waals surface area (Å²) in [4.78, 5) is 30.2. The Hall–Kier alpha value is -3.98. The quantitative estimate of drug-likeness (QED) is 0.480. The van der Waals surface area contributed by atoms with E-state index in [1.165, 1.54) is 4.90 Å². The van der Waals surface area contributed by atoms with Crippen LogP contribution in [0.3, 0.4) is 0 Å². The van der Waals surface area contributed by atoms with Gasteiger partial charge in [-0.25, -0.2) is 9.97 Å². The third-order valence-electron chi connectivity index (χ3n) is 5.75. The number of rotatable bonds is 7. The van der Waals surface area contributed by atoms with Crippen molar-refractivity contribution in [1.29, 1.82) is 0 Å². The van der Waals surface area contributed by atoms with Crippen molar-refractivity contribution in [3.63, 3.8) is 0 Å². The molecule has 0 spiro atoms. The number of hydrogen-bond donors (Lipinski definition) is 3. The number of allylic oxidation sites excluding steroid dienone is 2. The summed E-state index contributed by atoms with van der Waals surface area (Å²) in [5.74, 6) is 0.978. The molecule has 3 aromatic heterocycles. The predicted octanol–water partition coefficient (Wildman–Crippen LogP) is 2.07. The lowest BCUT2D eigenvalue weighted by Gasteiger charge is -2.13. The van der Waals surface area contributed by atoms with E-state index in [1.54, 1.807) is 38.6 Å². The van der Waals surface area contributed by atoms with Crippen LogP contribution in [-0.4, -0.2) is 62.2 Å². The van der Waals surface area contributed by atoms with Crippen LogP contribution in [-0.2, 0) is 0 Å². The lowest BCUT2D eigenvalue weighted by molar-refractivity contribution is 0.0822. The molecule has 182 valence electrons. The summed E-state index contributed by atoms with van der Waals surface area (Å²) in [5, 5.41) is 14.4. The second-order valence-corrected chi connectivity index (χ2v) is 8.68. The standard InChI is InChI=1S/C26H30N6O3/c1-5-17(13-22-16(2)12-24(30-22)25(34)32(3)4)29-26-28-11-9-21(31-26)23-15-20(8-10-27-23)35-19-7-6-18(33)14-19/h5,8-13,15,18-19,30,33H,2,6-7,14H2,1,3-4H3,(H,28,29,31)/b17-5+,22-13+. The molecule has 3 N–H and O–H groups in total. The summed E-state index contributed by atoms with van der Waals surface area (Å²) in [6.07, 6.45) is 9.04. The predicted molar refractivity (Wildman–Crippen MR) is 135 cm³/mol. The van der Waals surface area contributed by atoms with E-state index < -0.39 is 0 Å². The molecule has 0 saturated heterocycles. The monoisotopic (exact) mass is 474 g/mol. The van der Waals surface area contributed by atoms with Gasteiger partial charge in [-0.3, -0.25) is 9.78 Å². The van der Waals surface area contributed by atoms with E-state index in [1.807, 2.05) is 31.2 Å². The van der Waals surface area contributed by atoms with Crippen molar-refractivity contribution in [1.82, 2.24) is 24.8 Å². The van der Waals surface area contributed by atoms with Crippen LogP contribution in [0, 0.1) is 0 Å². The number of aliphatic hydroxyl groups is 1. The van der Waals surface area contributed by atoms with Gasteiger partial charge in [-0.05, 0) is 49.3 Å². The maximum atomic E-state index is 12.2. The van der Waals surface area contributed by atoms with Gasteiger partial charge in [0.05, 0.1) is 17.5 Å². The van der Waals surface area contributed by atoms with E-state index in [2.05, 4.69) is 31.8 Å². The largest absolute Gasteiger partial charge is 0.490 e. The van der Waals surface area contributed by atoms with Crippen molar-refractivity contribution in [3.05, 3.63) is 64.7 Å². The van der Waals surface area contributed by atoms with Crippen LogP contribution < -0.4 is 20.6 Å². The molecule has 35 heavy (non-hydrogen) atoms. The number of amides is 1. The van der Waals surface area contributed by atoms with Crippen molar-refractivity contribution >= 4 is 24.5 Å². The van der Waals surface area contributed by atoms with E-state index >= 15 is 0 Å². The van der Waals surface area contributed by atoms with E-state index in [0.717, 1.165) is 23.9 Å². The Bertz CT molecular complexity index is 1350. The fourth-order valence-corrected chi connectivity index (χ4v) is 3.88. The summed E-state index contributed by atoms with van der Waals surface area (Å²) in [6, 6.07) is 7.17. The van der Waals surface area contributed by atoms with Gasteiger partial charge in [0.2, 0.25) is 5.95 Å². The highest BCUT2D eigenvalue weighted by Crippen LogP contribution is 2.26. The van der Waals surface area contributed by atoms with Gasteiger partial charge in [0.1, 0.15) is 17.5 Å². The number of carbonyl (C=O) groups is 1. The lowest BCUT2D eigenvalue weighted by atomic mass is 10.2. The van der Waals surface area contributed by atoms with Gasteiger partial charge in [0.25, 0.3) is 5.91 Å². The second-order valence-electron chi connectivity index (χ2n) is 8.68. The van der Waals surface area contributed by atoms with E-state index in [4.69, 9.17) is 4.74 Å². The van der Waals surface area contributed by atoms with Gasteiger partial charge in [0, 0.05) is 50.0 Å². The third-order valence-corrected chi connectivity index (χ3v) is 5.75. The Morgan fingerprint density at radius 3 is 2.74 bits per heavy atom. The Morgan fingerprint density at radius 2 is 2.03 bits per heavy atom. The van der Waals surface area contributed by atoms with E-state index in [0.29, 0.717) is 40.4 Å². The number of carbonyl (C=O) groups excluding carboxylic acids is 1. The van der Waals surface area contributed by atoms with Crippen LogP contribution in [0.1, 0.15) is 36.7 Å². The average Bonchev–Trinajstić information content (AvgIpc) is 3.43. The van der Waals surface area contributed by atoms with Crippen molar-refractivity contribution in [2.45, 2.75) is 38.4 Å². The van der Waals surface area contributed by atoms with Gasteiger partial charge in [0.15, 0.2) is 0 Å². The molecule has 2 unspecified atom stereocenters. The minimum Gasteiger partial charge on any atom is -0.490 e. The Morgan fingerprint density at radius 1 is 1.23 bits per heavy atom. The summed E-state index contributed by atoms with van der Waals surface area (Å²) in [5.41, 5.74) is 2.52. The summed E-state index contributed by atoms with van der Waals surface area (Å²) >= 11 is 0. The van der Waals surface area contributed by atoms with Crippen molar-refractivity contribution in [3.8, 4) is 17.1 Å². The van der Waals surface area contributed by atoms with Gasteiger partial charge in [-0.2, -0.15) is 0 Å². The maximum absolute atomic E-state index is 12.2. The number of anilines is 1. The highest BCUT2D eigenvalue weighted by atomic mass is 16.5. The number of hydrogen-bond acceptors (Lipinski definition) is 7. The molecule has 3 heterocycles. The molecule has 0 aromatic carbocycles. The first kappa shape index (κ1) is 24.2. The topological polar surface area (TPSA) is 116 Å². The van der Waals surface area contributed by atoms with Crippen molar-refractivity contribution in [2.75, 3.05) is 19.4 Å². The molecule has 0 bridgehead atoms. The molecule has 1 amide bonds. The number of aliphatic hydroxyl groups excluding tert-OH is 1. The molecule has 9 heteroatoms. The van der Waals surface area contributed by atoms with Crippen molar-refractivity contribution in [2.24, 2.45) is 0 Å². The fourth-order valence-electron chi connectivity index (χ4n) is 3.88. The molecule has 0 radical (unpaired) electrons. The SMILES string of the molecule is C=c1cc(C(=O)N(C)C)[nH]/c1=C/C(=C\C)Nc1nccc(-c2cc(OC3CCC(O)C3)ccn2)n1. The molecular weight excluding hydrogens is 444 g/mol. The highest BCUT2D eigenvalue weighted by Gasteiger charge is 2.24. The van der Waals surface area contributed by atoms with Crippen molar-refractivity contribution < 1.29 is 14.6 Å². The van der Waals surface area contributed by atoms with Gasteiger partial charge in [-0.15, -0.1) is 0 Å². The van der Waals surface area contributed by atoms with Crippen LogP contribution in [0.2, 0.25) is 0 Å². The van der Waals surface area contributed by atoms with Crippen LogP contribution in [0.4, 0.5) is 5.95 Å². The zero-order valence-electron chi connectivity index (χ0n) is 20.2. The average molecular weight is 475 g/mol. The van der Waals surface area contributed by atoms with Gasteiger partial charge < -0.3 is 25.0 Å². The molecule has 3 aromatic rings. The van der Waals surface area contributed by atoms with Crippen LogP contribution in [0.5, 0.6) is 5.75 Å². The molecule has 4 rings (SSSR count). The van der Waals surface area contributed by atoms with E-state index in [9.17, 15) is 9.90 Å². The van der Waals surface area contributed by atoms with Crippen LogP contribution >= 0.6 is 0 Å². The molecule has 2 atom stereocenters. The van der Waals surface area contributed by atoms with Gasteiger partial charge >= 0.3 is 0 Å². The Kier molecular flexibility index (Phi) is 7.26. The number of pyridine rings is 1. The number of aromatic nitrogens is 4. The zero-order chi connectivity index (χ0) is 24.9. The smallest absolute Gasteiger partial charge is 0.269 e. The molecule has 9 nitrogen and oxygen atoms in total. The van der Waals surface area contributed by atoms with Crippen LogP contribution in [0.15, 0.2) is 48.4 Å². The molecule has 1 saturated carbocycles. The number of H-pyrrole nitrogens is 1. The maximum Gasteiger partial charge on any atom is 0.269 e. The first-order valence-electron chi connectivity index (χ1n) is 11.5. The number of aromatic amines is 1. The summed E-state index contributed by atoms with van der Waals surface area (Å²) in [6.45, 7) is 5.92. The highest BCUT2D eigenvalue weighted by molar-refractivity contribution is 5.92. The minimum absolute atomic E-state index is 0.00939. The van der Waals surface area contributed by atoms with Gasteiger partial charge in [-0.1, -0.05) is 12.7 Å². The second kappa shape index (κ2) is 10.5. The Labute approximate surface area is 203 Å². The number of nitrogens with one attached hydrogen (secondary N) is 2. The first-order chi connectivity index (χ1) is 16.8. The summed E-state index contributed by atoms with van der Waals surface area (Å²) < 4.78 is 6.02. The normalized spacial score (nSPS) is 18.5. The fraction of sp³-hybridized carbons (Fsp3) is 0.308. The number of ether oxygens (including phenoxy) is 1. The molecule has 1 fully saturated rings. The van der Waals surface area contributed by atoms with E-state index in [-0.39, 0.29) is 18.1 Å². The third kappa shape index (κ3) is 5.93. The lowest BCUT2D eigenvalue weighted by Crippen LogP contribution is -2.23. The molecular formula is C26H30N6O3. The number of nitrogens with zero attached hydrogens (tertiary/aromatic N) is 4. The minimum atomic E-state index is -0.292. The Balaban J connectivity index is 1.52. The first-order valence-corrected chi connectivity index (χ1v) is 11.5. The molecule has 1 aliphatic rings.